The van der Waals surface area contributed by atoms with Gasteiger partial charge in [0.05, 0.1) is 0 Å². The summed E-state index contributed by atoms with van der Waals surface area (Å²) in [6.07, 6.45) is 3.64. The van der Waals surface area contributed by atoms with E-state index in [9.17, 15) is 0 Å². The zero-order valence-electron chi connectivity index (χ0n) is 37.0. The van der Waals surface area contributed by atoms with E-state index < -0.39 is 0 Å². The highest BCUT2D eigenvalue weighted by Crippen LogP contribution is 3.63. The zero-order valence-corrected chi connectivity index (χ0v) is 37.8. The summed E-state index contributed by atoms with van der Waals surface area (Å²) in [4.78, 5) is 0. The summed E-state index contributed by atoms with van der Waals surface area (Å²) in [5.41, 5.74) is 29.3. The average molecular weight is 857 g/mol. The molecule has 0 bridgehead atoms. The minimum atomic E-state index is 0.733. The molecule has 26 spiro atoms. The first-order valence-corrected chi connectivity index (χ1v) is 33.2. The summed E-state index contributed by atoms with van der Waals surface area (Å²) >= 11 is 2.69. The quantitative estimate of drug-likeness (QED) is 0.279. The van der Waals surface area contributed by atoms with E-state index >= 15 is 0 Å². The van der Waals surface area contributed by atoms with Gasteiger partial charge >= 0.3 is 0 Å². The van der Waals surface area contributed by atoms with Gasteiger partial charge in [0.25, 0.3) is 0 Å². The molecule has 0 N–H and O–H groups in total. The SMILES string of the molecule is CC12CS[C@@]3(C)C4C5C(C13)C13C2C2C6C7C8C9C%10C%11C%12C%13C%14C%15C%16CC%17C%18CC%19C%20C%21C%22C%23C%24C%25C%26C%27C%28C%29C%30C4C51C%301C23C62C%291C%281C72C82C%271C%261C92C%102C%113C%124C%135C%146C%157C%17%16C%18%19C%207C%216C%225C%234C%243C%2512. The van der Waals surface area contributed by atoms with Crippen molar-refractivity contribution in [1.82, 2.24) is 0 Å². The maximum Gasteiger partial charge on any atom is 0.0202 e. The van der Waals surface area contributed by atoms with Crippen LogP contribution in [0.15, 0.2) is 0 Å². The Morgan fingerprint density at radius 2 is 0.545 bits per heavy atom. The van der Waals surface area contributed by atoms with Crippen LogP contribution in [0.5, 0.6) is 0 Å². The zero-order chi connectivity index (χ0) is 37.3. The van der Waals surface area contributed by atoms with E-state index in [0.29, 0.717) is 0 Å². The van der Waals surface area contributed by atoms with Crippen molar-refractivity contribution in [3.8, 4) is 0 Å². The number of fused-ring (bicyclic) bond motifs is 28. The smallest absolute Gasteiger partial charge is 0.0202 e. The normalized spacial score (nSPS) is 135. The second-order valence-corrected chi connectivity index (χ2v) is 43.2. The fourth-order valence-electron chi connectivity index (χ4n) is 68.1. The molecule has 44 rings (SSSR count). The van der Waals surface area contributed by atoms with E-state index in [2.05, 4.69) is 25.6 Å². The summed E-state index contributed by atoms with van der Waals surface area (Å²) in [5.74, 6) is 45.5. The molecule has 43 saturated carbocycles. The first-order chi connectivity index (χ1) is 32.6. The molecule has 1 heterocycles. The van der Waals surface area contributed by atoms with Gasteiger partial charge in [-0.3, -0.25) is 0 Å². The van der Waals surface area contributed by atoms with Gasteiger partial charge in [-0.2, -0.15) is 11.8 Å². The van der Waals surface area contributed by atoms with Gasteiger partial charge in [-0.1, -0.05) is 6.92 Å². The second kappa shape index (κ2) is 3.76. The molecule has 0 nitrogen and oxygen atoms in total. The summed E-state index contributed by atoms with van der Waals surface area (Å²) in [6.45, 7) is 6.10. The van der Waals surface area contributed by atoms with Crippen LogP contribution in [0.4, 0.5) is 0 Å². The molecule has 43 aliphatic carbocycles. The number of hydrogen-bond acceptors (Lipinski definition) is 1. The molecule has 44 aliphatic rings. The first kappa shape index (κ1) is 23.7. The molecule has 66 heavy (non-hydrogen) atoms. The maximum atomic E-state index is 3.07. The van der Waals surface area contributed by atoms with Crippen LogP contribution in [0.1, 0.15) is 26.7 Å². The Labute approximate surface area is 382 Å². The van der Waals surface area contributed by atoms with Gasteiger partial charge in [0, 0.05) is 4.75 Å². The van der Waals surface area contributed by atoms with Gasteiger partial charge < -0.3 is 0 Å². The summed E-state index contributed by atoms with van der Waals surface area (Å²) in [5, 5.41) is 0. The maximum absolute atomic E-state index is 3.07. The second-order valence-electron chi connectivity index (χ2n) is 41.8. The predicted octanol–water partition coefficient (Wildman–Crippen LogP) is 6.23. The van der Waals surface area contributed by atoms with Crippen molar-refractivity contribution in [3.05, 3.63) is 0 Å². The topological polar surface area (TPSA) is 0 Å². The third kappa shape index (κ3) is 0.578. The van der Waals surface area contributed by atoms with E-state index in [1.54, 1.807) is 5.75 Å². The van der Waals surface area contributed by atoms with Crippen molar-refractivity contribution in [2.45, 2.75) is 31.4 Å². The number of hydrogen-bond donors (Lipinski definition) is 0. The third-order valence-corrected chi connectivity index (χ3v) is 56.3. The lowest BCUT2D eigenvalue weighted by molar-refractivity contribution is -1.14. The lowest BCUT2D eigenvalue weighted by Gasteiger charge is -3.59. The monoisotopic (exact) mass is 856 g/mol. The van der Waals surface area contributed by atoms with Crippen molar-refractivity contribution in [2.75, 3.05) is 5.75 Å². The molecule has 0 amide bonds. The van der Waals surface area contributed by atoms with Gasteiger partial charge in [0.15, 0.2) is 0 Å². The van der Waals surface area contributed by atoms with Crippen LogP contribution < -0.4 is 0 Å². The van der Waals surface area contributed by atoms with Gasteiger partial charge in [-0.15, -0.1) is 0 Å². The van der Waals surface area contributed by atoms with Crippen LogP contribution in [0.3, 0.4) is 0 Å². The Morgan fingerprint density at radius 1 is 0.242 bits per heavy atom. The molecule has 59 unspecified atom stereocenters. The third-order valence-electron chi connectivity index (χ3n) is 54.4. The number of thioether (sulfide) groups is 1. The molecule has 60 atom stereocenters. The van der Waals surface area contributed by atoms with Crippen molar-refractivity contribution < 1.29 is 0 Å². The minimum absolute atomic E-state index is 0.733. The Balaban J connectivity index is 0.629. The molecule has 310 valence electrons. The summed E-state index contributed by atoms with van der Waals surface area (Å²) in [7, 11) is 0. The van der Waals surface area contributed by atoms with E-state index in [4.69, 9.17) is 0 Å². The van der Waals surface area contributed by atoms with E-state index in [1.165, 1.54) is 189 Å². The molecule has 0 aromatic rings. The largest absolute Gasteiger partial charge is 0.154 e. The fraction of sp³-hybridized carbons (Fsp3) is 1.00. The highest BCUT2D eigenvalue weighted by Gasteiger charge is 3.62. The fourth-order valence-corrected chi connectivity index (χ4v) is 70.2. The van der Waals surface area contributed by atoms with E-state index in [0.717, 1.165) is 151 Å². The molecule has 44 fully saturated rings. The Morgan fingerprint density at radius 3 is 0.955 bits per heavy atom. The summed E-state index contributed by atoms with van der Waals surface area (Å²) < 4.78 is 0.733. The Kier molecular flexibility index (Phi) is 1.35. The van der Waals surface area contributed by atoms with Crippen LogP contribution in [-0.4, -0.2) is 10.5 Å². The highest BCUT2D eigenvalue weighted by molar-refractivity contribution is 8.01. The Hall–Kier alpha value is 0.350. The minimum Gasteiger partial charge on any atom is -0.154 e. The van der Waals surface area contributed by atoms with E-state index in [-0.39, 0.29) is 0 Å². The molecular weight excluding hydrogens is 813 g/mol. The van der Waals surface area contributed by atoms with Gasteiger partial charge in [0.2, 0.25) is 0 Å². The van der Waals surface area contributed by atoms with Crippen molar-refractivity contribution in [2.24, 2.45) is 336 Å². The van der Waals surface area contributed by atoms with Crippen LogP contribution in [0.25, 0.3) is 0 Å². The first-order valence-electron chi connectivity index (χ1n) is 32.2. The molecule has 1 aliphatic heterocycles. The van der Waals surface area contributed by atoms with Gasteiger partial charge in [-0.05, 0) is 361 Å². The van der Waals surface area contributed by atoms with Crippen LogP contribution in [0.2, 0.25) is 0 Å². The highest BCUT2D eigenvalue weighted by atomic mass is 32.2. The van der Waals surface area contributed by atoms with E-state index in [1.807, 2.05) is 12.8 Å². The predicted molar refractivity (Wildman–Crippen MR) is 213 cm³/mol. The molecular formula is C65H44S. The van der Waals surface area contributed by atoms with Crippen LogP contribution in [0, 0.1) is 336 Å². The van der Waals surface area contributed by atoms with Gasteiger partial charge in [-0.25, -0.2) is 0 Å². The molecule has 1 heteroatoms. The Bertz CT molecular complexity index is 4330. The standard InChI is InChI=1S/C65H44S/c1-38-5-66-39(2)12-13-17-20-23-26-29-27-24-21-18-15-10-8-3-6-7-4-9-11-16-19-22-25-28-30-31-32-33-35-37(38)43-34(36(38)39)14(12)42(13,43)46(17)47(35,43)51(33)50(20,46)54(23)55(32,51)59(31)58(26,54)62(29)63(30,59)65(28)61(25)57(22)53(19)49(16)45(11)41(7,9)40(6,8)44(10,45)48(15,49)52(18,53)56(21,57)60(24,61)64(27,62)65/h6-37H,3-5H2,1-2H3/t6?,7?,8?,9?,10?,11?,12?,13?,14?,15?,16?,17?,18?,19?,20?,21?,22?,23?,24?,25?,26?,27?,28?,29?,30?,31?,32?,33?,34?,35?,36?,37?,38?,39-,40?,41?,42?,43?,44?,45?,46?,47?,48?,49?,50?,51?,52?,53?,54?,55?,56?,57?,58?,59?,60?,61?,62?,63?,64?,65?/m0/s1. The lowest BCUT2D eigenvalue weighted by atomic mass is 8.43. The molecule has 0 aromatic heterocycles. The molecule has 0 aromatic carbocycles. The van der Waals surface area contributed by atoms with Crippen LogP contribution in [-0.2, 0) is 0 Å². The van der Waals surface area contributed by atoms with Crippen molar-refractivity contribution in [1.29, 1.82) is 0 Å². The van der Waals surface area contributed by atoms with Crippen molar-refractivity contribution >= 4 is 11.8 Å². The average Bonchev–Trinajstić information content (AvgIpc) is 3.78. The molecule has 1 saturated heterocycles. The lowest BCUT2D eigenvalue weighted by Crippen LogP contribution is -3.58. The van der Waals surface area contributed by atoms with Crippen molar-refractivity contribution in [3.63, 3.8) is 0 Å². The number of rotatable bonds is 0. The van der Waals surface area contributed by atoms with Crippen LogP contribution >= 0.6 is 11.8 Å². The molecule has 0 radical (unpaired) electrons. The van der Waals surface area contributed by atoms with Gasteiger partial charge in [0.1, 0.15) is 0 Å². The summed E-state index contributed by atoms with van der Waals surface area (Å²) in [6, 6.07) is 0.